The van der Waals surface area contributed by atoms with Gasteiger partial charge in [0.15, 0.2) is 0 Å². The number of nitrogens with two attached hydrogens (primary N) is 1. The number of carbonyl (C=O) groups is 1. The lowest BCUT2D eigenvalue weighted by Gasteiger charge is -2.24. The van der Waals surface area contributed by atoms with E-state index >= 15 is 0 Å². The van der Waals surface area contributed by atoms with Crippen LogP contribution in [0.2, 0.25) is 0 Å². The van der Waals surface area contributed by atoms with E-state index < -0.39 is 5.91 Å². The molecule has 2 heterocycles. The number of primary amides is 1. The molecule has 0 spiro atoms. The molecule has 2 aliphatic rings. The summed E-state index contributed by atoms with van der Waals surface area (Å²) >= 11 is 0. The number of amides is 1. The molecule has 0 saturated heterocycles. The van der Waals surface area contributed by atoms with Crippen LogP contribution in [0, 0.1) is 0 Å². The molecule has 0 radical (unpaired) electrons. The van der Waals surface area contributed by atoms with Crippen molar-refractivity contribution in [2.24, 2.45) is 5.73 Å². The maximum absolute atomic E-state index is 11.2. The minimum atomic E-state index is -0.465. The first-order valence-corrected chi connectivity index (χ1v) is 5.03. The molecular weight excluding hydrogens is 206 g/mol. The standard InChI is InChI=1S/C11H11N3O2/c12-11(15)10-7-5-16-8-4-2-1-3-6(8)9(7)13-14-10/h1-4,9,13-14H,5H2,(H2,12,15). The van der Waals surface area contributed by atoms with E-state index in [2.05, 4.69) is 10.9 Å². The SMILES string of the molecule is NC(=O)C1=C2COc3ccccc3C2NN1. The number of hydrazine groups is 1. The molecule has 0 bridgehead atoms. The monoisotopic (exact) mass is 217 g/mol. The number of benzene rings is 1. The Kier molecular flexibility index (Phi) is 1.87. The molecule has 0 aliphatic carbocycles. The summed E-state index contributed by atoms with van der Waals surface area (Å²) in [5.74, 6) is 0.379. The fourth-order valence-electron chi connectivity index (χ4n) is 2.10. The van der Waals surface area contributed by atoms with Crippen LogP contribution in [0.1, 0.15) is 11.6 Å². The van der Waals surface area contributed by atoms with Crippen molar-refractivity contribution in [2.45, 2.75) is 6.04 Å². The molecule has 0 aromatic heterocycles. The van der Waals surface area contributed by atoms with Crippen molar-refractivity contribution in [1.29, 1.82) is 0 Å². The number of carbonyl (C=O) groups excluding carboxylic acids is 1. The van der Waals surface area contributed by atoms with Crippen LogP contribution in [0.3, 0.4) is 0 Å². The third-order valence-corrected chi connectivity index (χ3v) is 2.87. The molecule has 4 N–H and O–H groups in total. The lowest BCUT2D eigenvalue weighted by atomic mass is 9.96. The third kappa shape index (κ3) is 1.18. The number of nitrogens with one attached hydrogen (secondary N) is 2. The molecule has 5 nitrogen and oxygen atoms in total. The maximum Gasteiger partial charge on any atom is 0.266 e. The number of para-hydroxylation sites is 1. The lowest BCUT2D eigenvalue weighted by molar-refractivity contribution is -0.115. The van der Waals surface area contributed by atoms with Gasteiger partial charge < -0.3 is 15.9 Å². The number of hydrogen-bond donors (Lipinski definition) is 3. The van der Waals surface area contributed by atoms with Gasteiger partial charge in [0.1, 0.15) is 18.1 Å². The molecule has 0 saturated carbocycles. The molecule has 1 aromatic rings. The summed E-state index contributed by atoms with van der Waals surface area (Å²) in [5.41, 5.74) is 13.4. The fourth-order valence-corrected chi connectivity index (χ4v) is 2.10. The topological polar surface area (TPSA) is 76.4 Å². The van der Waals surface area contributed by atoms with Gasteiger partial charge >= 0.3 is 0 Å². The van der Waals surface area contributed by atoms with Crippen LogP contribution < -0.4 is 21.3 Å². The van der Waals surface area contributed by atoms with Gasteiger partial charge in [-0.25, -0.2) is 5.43 Å². The highest BCUT2D eigenvalue weighted by atomic mass is 16.5. The van der Waals surface area contributed by atoms with E-state index in [1.54, 1.807) is 0 Å². The summed E-state index contributed by atoms with van der Waals surface area (Å²) in [7, 11) is 0. The van der Waals surface area contributed by atoms with Crippen LogP contribution in [0.4, 0.5) is 0 Å². The molecule has 0 fully saturated rings. The largest absolute Gasteiger partial charge is 0.489 e. The first-order chi connectivity index (χ1) is 7.77. The minimum absolute atomic E-state index is 0.0209. The van der Waals surface area contributed by atoms with Crippen LogP contribution in [-0.4, -0.2) is 12.5 Å². The molecule has 1 atom stereocenters. The number of fused-ring (bicyclic) bond motifs is 3. The molecule has 1 amide bonds. The van der Waals surface area contributed by atoms with Crippen LogP contribution >= 0.6 is 0 Å². The van der Waals surface area contributed by atoms with E-state index in [4.69, 9.17) is 10.5 Å². The summed E-state index contributed by atoms with van der Waals surface area (Å²) in [5, 5.41) is 0. The molecule has 5 heteroatoms. The Morgan fingerprint density at radius 1 is 1.44 bits per heavy atom. The van der Waals surface area contributed by atoms with E-state index in [1.807, 2.05) is 24.3 Å². The highest BCUT2D eigenvalue weighted by Crippen LogP contribution is 2.37. The van der Waals surface area contributed by atoms with Gasteiger partial charge in [-0.3, -0.25) is 4.79 Å². The molecule has 1 aromatic carbocycles. The van der Waals surface area contributed by atoms with E-state index in [1.165, 1.54) is 0 Å². The van der Waals surface area contributed by atoms with Crippen LogP contribution in [0.25, 0.3) is 0 Å². The van der Waals surface area contributed by atoms with Crippen molar-refractivity contribution in [3.8, 4) is 5.75 Å². The summed E-state index contributed by atoms with van der Waals surface area (Å²) in [6.45, 7) is 0.389. The smallest absolute Gasteiger partial charge is 0.266 e. The van der Waals surface area contributed by atoms with Gasteiger partial charge in [0.2, 0.25) is 0 Å². The van der Waals surface area contributed by atoms with Gasteiger partial charge in [0.05, 0.1) is 6.04 Å². The van der Waals surface area contributed by atoms with Gasteiger partial charge in [-0.2, -0.15) is 0 Å². The Labute approximate surface area is 92.2 Å². The first kappa shape index (κ1) is 9.23. The number of hydrogen-bond acceptors (Lipinski definition) is 4. The fraction of sp³-hybridized carbons (Fsp3) is 0.182. The number of ether oxygens (including phenoxy) is 1. The second-order valence-corrected chi connectivity index (χ2v) is 3.79. The van der Waals surface area contributed by atoms with Gasteiger partial charge in [-0.1, -0.05) is 18.2 Å². The third-order valence-electron chi connectivity index (χ3n) is 2.87. The van der Waals surface area contributed by atoms with Gasteiger partial charge in [-0.15, -0.1) is 0 Å². The molecule has 82 valence electrons. The van der Waals surface area contributed by atoms with Crippen molar-refractivity contribution < 1.29 is 9.53 Å². The second kappa shape index (κ2) is 3.24. The van der Waals surface area contributed by atoms with Crippen LogP contribution in [-0.2, 0) is 4.79 Å². The minimum Gasteiger partial charge on any atom is -0.489 e. The van der Waals surface area contributed by atoms with E-state index in [9.17, 15) is 4.79 Å². The summed E-state index contributed by atoms with van der Waals surface area (Å²) in [6, 6.07) is 7.72. The number of rotatable bonds is 1. The first-order valence-electron chi connectivity index (χ1n) is 5.03. The molecule has 16 heavy (non-hydrogen) atoms. The Morgan fingerprint density at radius 2 is 2.25 bits per heavy atom. The van der Waals surface area contributed by atoms with Crippen LogP contribution in [0.5, 0.6) is 5.75 Å². The van der Waals surface area contributed by atoms with Crippen molar-refractivity contribution in [3.63, 3.8) is 0 Å². The Bertz CT molecular complexity index is 496. The van der Waals surface area contributed by atoms with Crippen molar-refractivity contribution >= 4 is 5.91 Å². The Balaban J connectivity index is 2.09. The average Bonchev–Trinajstić information content (AvgIpc) is 2.73. The highest BCUT2D eigenvalue weighted by molar-refractivity contribution is 5.93. The second-order valence-electron chi connectivity index (χ2n) is 3.79. The zero-order chi connectivity index (χ0) is 11.1. The molecular formula is C11H11N3O2. The van der Waals surface area contributed by atoms with Gasteiger partial charge in [-0.05, 0) is 6.07 Å². The average molecular weight is 217 g/mol. The lowest BCUT2D eigenvalue weighted by Crippen LogP contribution is -2.32. The Hall–Kier alpha value is -2.01. The van der Waals surface area contributed by atoms with Crippen LogP contribution in [0.15, 0.2) is 35.5 Å². The predicted octanol–water partition coefficient (Wildman–Crippen LogP) is -0.0327. The van der Waals surface area contributed by atoms with Gasteiger partial charge in [0, 0.05) is 11.1 Å². The van der Waals surface area contributed by atoms with E-state index in [0.29, 0.717) is 12.3 Å². The molecule has 1 unspecified atom stereocenters. The van der Waals surface area contributed by atoms with Crippen molar-refractivity contribution in [1.82, 2.24) is 10.9 Å². The zero-order valence-corrected chi connectivity index (χ0v) is 8.49. The van der Waals surface area contributed by atoms with Crippen molar-refractivity contribution in [3.05, 3.63) is 41.1 Å². The summed E-state index contributed by atoms with van der Waals surface area (Å²) in [6.07, 6.45) is 0. The van der Waals surface area contributed by atoms with Crippen molar-refractivity contribution in [2.75, 3.05) is 6.61 Å². The predicted molar refractivity (Wildman–Crippen MR) is 57.2 cm³/mol. The maximum atomic E-state index is 11.2. The zero-order valence-electron chi connectivity index (χ0n) is 8.49. The normalized spacial score (nSPS) is 21.9. The summed E-state index contributed by atoms with van der Waals surface area (Å²) < 4.78 is 5.57. The highest BCUT2D eigenvalue weighted by Gasteiger charge is 2.34. The van der Waals surface area contributed by atoms with E-state index in [0.717, 1.165) is 16.9 Å². The summed E-state index contributed by atoms with van der Waals surface area (Å²) in [4.78, 5) is 11.2. The quantitative estimate of drug-likeness (QED) is 0.617. The van der Waals surface area contributed by atoms with Gasteiger partial charge in [0.25, 0.3) is 5.91 Å². The molecule has 2 aliphatic heterocycles. The molecule has 3 rings (SSSR count). The van der Waals surface area contributed by atoms with E-state index in [-0.39, 0.29) is 6.04 Å². The Morgan fingerprint density at radius 3 is 3.06 bits per heavy atom.